The van der Waals surface area contributed by atoms with E-state index in [1.165, 1.54) is 31.4 Å². The van der Waals surface area contributed by atoms with Gasteiger partial charge in [-0.1, -0.05) is 18.6 Å². The Bertz CT molecular complexity index is 599. The largest absolute Gasteiger partial charge is 0.573 e. The third-order valence-electron chi connectivity index (χ3n) is 4.97. The van der Waals surface area contributed by atoms with Crippen LogP contribution in [0.25, 0.3) is 0 Å². The van der Waals surface area contributed by atoms with Crippen LogP contribution in [0.15, 0.2) is 29.3 Å². The average Bonchev–Trinajstić information content (AvgIpc) is 2.59. The zero-order valence-electron chi connectivity index (χ0n) is 15.9. The van der Waals surface area contributed by atoms with Crippen LogP contribution in [0.2, 0.25) is 0 Å². The van der Waals surface area contributed by atoms with Gasteiger partial charge in [-0.2, -0.15) is 0 Å². The van der Waals surface area contributed by atoms with E-state index in [9.17, 15) is 13.2 Å². The lowest BCUT2D eigenvalue weighted by atomic mass is 9.67. The lowest BCUT2D eigenvalue weighted by molar-refractivity contribution is -0.274. The Labute approximate surface area is 158 Å². The van der Waals surface area contributed by atoms with Gasteiger partial charge in [0.25, 0.3) is 0 Å². The highest BCUT2D eigenvalue weighted by molar-refractivity contribution is 5.79. The fourth-order valence-corrected chi connectivity index (χ4v) is 3.19. The van der Waals surface area contributed by atoms with Crippen molar-refractivity contribution in [2.24, 2.45) is 10.4 Å². The van der Waals surface area contributed by atoms with Crippen LogP contribution in [0.1, 0.15) is 31.2 Å². The SMILES string of the molecule is CN=C(NCCc1ccc(OC(F)(F)F)cc1)NCC1(CCOC)CCC1. The molecule has 2 rings (SSSR count). The molecule has 152 valence electrons. The molecule has 0 heterocycles. The van der Waals surface area contributed by atoms with Gasteiger partial charge in [-0.3, -0.25) is 4.99 Å². The number of aliphatic imine (C=N–C) groups is 1. The van der Waals surface area contributed by atoms with E-state index < -0.39 is 6.36 Å². The van der Waals surface area contributed by atoms with Gasteiger partial charge >= 0.3 is 6.36 Å². The van der Waals surface area contributed by atoms with Gasteiger partial charge in [0.05, 0.1) is 0 Å². The number of hydrogen-bond acceptors (Lipinski definition) is 3. The second-order valence-electron chi connectivity index (χ2n) is 6.89. The van der Waals surface area contributed by atoms with Gasteiger partial charge in [0.15, 0.2) is 5.96 Å². The molecular formula is C19H28F3N3O2. The van der Waals surface area contributed by atoms with Gasteiger partial charge in [0.1, 0.15) is 5.75 Å². The predicted octanol–water partition coefficient (Wildman–Crippen LogP) is 3.50. The fourth-order valence-electron chi connectivity index (χ4n) is 3.19. The van der Waals surface area contributed by atoms with Crippen molar-refractivity contribution >= 4 is 5.96 Å². The highest BCUT2D eigenvalue weighted by Crippen LogP contribution is 2.43. The number of ether oxygens (including phenoxy) is 2. The van der Waals surface area contributed by atoms with Crippen LogP contribution in [-0.2, 0) is 11.2 Å². The van der Waals surface area contributed by atoms with Crippen LogP contribution in [0, 0.1) is 5.41 Å². The van der Waals surface area contributed by atoms with Crippen molar-refractivity contribution < 1.29 is 22.6 Å². The van der Waals surface area contributed by atoms with E-state index in [0.717, 1.165) is 31.1 Å². The standard InChI is InChI=1S/C19H28F3N3O2/c1-23-17(25-14-18(9-3-10-18)11-13-26-2)24-12-8-15-4-6-16(7-5-15)27-19(20,21)22/h4-7H,3,8-14H2,1-2H3,(H2,23,24,25). The molecule has 5 nitrogen and oxygen atoms in total. The molecule has 1 aromatic carbocycles. The van der Waals surface area contributed by atoms with E-state index >= 15 is 0 Å². The maximum atomic E-state index is 12.2. The topological polar surface area (TPSA) is 54.9 Å². The lowest BCUT2D eigenvalue weighted by Gasteiger charge is -2.42. The highest BCUT2D eigenvalue weighted by atomic mass is 19.4. The Morgan fingerprint density at radius 1 is 1.19 bits per heavy atom. The van der Waals surface area contributed by atoms with Gasteiger partial charge in [-0.05, 0) is 48.8 Å². The number of rotatable bonds is 9. The molecule has 1 fully saturated rings. The Balaban J connectivity index is 1.73. The van der Waals surface area contributed by atoms with E-state index in [2.05, 4.69) is 20.4 Å². The van der Waals surface area contributed by atoms with Crippen LogP contribution in [0.5, 0.6) is 5.75 Å². The van der Waals surface area contributed by atoms with Gasteiger partial charge in [-0.25, -0.2) is 0 Å². The van der Waals surface area contributed by atoms with Crippen LogP contribution in [0.4, 0.5) is 13.2 Å². The summed E-state index contributed by atoms with van der Waals surface area (Å²) in [4.78, 5) is 4.23. The molecule has 0 unspecified atom stereocenters. The summed E-state index contributed by atoms with van der Waals surface area (Å²) in [5.41, 5.74) is 1.21. The number of guanidine groups is 1. The van der Waals surface area contributed by atoms with E-state index in [1.54, 1.807) is 26.3 Å². The monoisotopic (exact) mass is 387 g/mol. The number of alkyl halides is 3. The summed E-state index contributed by atoms with van der Waals surface area (Å²) in [5, 5.41) is 6.62. The number of benzene rings is 1. The number of nitrogens with one attached hydrogen (secondary N) is 2. The minimum Gasteiger partial charge on any atom is -0.406 e. The zero-order valence-corrected chi connectivity index (χ0v) is 15.9. The van der Waals surface area contributed by atoms with Crippen molar-refractivity contribution in [1.82, 2.24) is 10.6 Å². The highest BCUT2D eigenvalue weighted by Gasteiger charge is 2.36. The molecule has 1 aliphatic rings. The van der Waals surface area contributed by atoms with Crippen molar-refractivity contribution in [3.8, 4) is 5.75 Å². The van der Waals surface area contributed by atoms with Gasteiger partial charge in [-0.15, -0.1) is 13.2 Å². The molecule has 0 aromatic heterocycles. The summed E-state index contributed by atoms with van der Waals surface area (Å²) in [5.74, 6) is 0.522. The molecule has 0 atom stereocenters. The first kappa shape index (κ1) is 21.3. The second-order valence-corrected chi connectivity index (χ2v) is 6.89. The van der Waals surface area contributed by atoms with Crippen molar-refractivity contribution in [2.75, 3.05) is 33.9 Å². The third kappa shape index (κ3) is 7.28. The minimum atomic E-state index is -4.66. The Morgan fingerprint density at radius 3 is 2.41 bits per heavy atom. The molecule has 0 aliphatic heterocycles. The molecule has 1 aromatic rings. The summed E-state index contributed by atoms with van der Waals surface area (Å²) < 4.78 is 45.6. The number of halogens is 3. The maximum absolute atomic E-state index is 12.2. The Morgan fingerprint density at radius 2 is 1.89 bits per heavy atom. The Kier molecular flexibility index (Phi) is 7.77. The molecule has 0 bridgehead atoms. The fraction of sp³-hybridized carbons (Fsp3) is 0.632. The lowest BCUT2D eigenvalue weighted by Crippen LogP contribution is -2.47. The van der Waals surface area contributed by atoms with Gasteiger partial charge < -0.3 is 20.1 Å². The molecule has 0 saturated heterocycles. The molecule has 0 radical (unpaired) electrons. The average molecular weight is 387 g/mol. The van der Waals surface area contributed by atoms with Crippen LogP contribution in [0.3, 0.4) is 0 Å². The molecule has 1 saturated carbocycles. The number of nitrogens with zero attached hydrogens (tertiary/aromatic N) is 1. The summed E-state index contributed by atoms with van der Waals surface area (Å²) in [6.45, 7) is 2.26. The smallest absolute Gasteiger partial charge is 0.406 e. The van der Waals surface area contributed by atoms with Crippen molar-refractivity contribution in [2.45, 2.75) is 38.5 Å². The number of hydrogen-bond donors (Lipinski definition) is 2. The van der Waals surface area contributed by atoms with E-state index in [4.69, 9.17) is 4.74 Å². The van der Waals surface area contributed by atoms with Crippen LogP contribution >= 0.6 is 0 Å². The molecule has 0 amide bonds. The van der Waals surface area contributed by atoms with Crippen molar-refractivity contribution in [3.05, 3.63) is 29.8 Å². The van der Waals surface area contributed by atoms with Crippen molar-refractivity contribution in [3.63, 3.8) is 0 Å². The van der Waals surface area contributed by atoms with E-state index in [-0.39, 0.29) is 5.75 Å². The van der Waals surface area contributed by atoms with Crippen molar-refractivity contribution in [1.29, 1.82) is 0 Å². The summed E-state index contributed by atoms with van der Waals surface area (Å²) in [6, 6.07) is 5.91. The quantitative estimate of drug-likeness (QED) is 0.503. The first-order valence-corrected chi connectivity index (χ1v) is 9.14. The number of methoxy groups -OCH3 is 1. The minimum absolute atomic E-state index is 0.210. The Hall–Kier alpha value is -1.96. The first-order valence-electron chi connectivity index (χ1n) is 9.14. The molecule has 0 spiro atoms. The van der Waals surface area contributed by atoms with Gasteiger partial charge in [0, 0.05) is 33.9 Å². The van der Waals surface area contributed by atoms with E-state index in [0.29, 0.717) is 18.4 Å². The van der Waals surface area contributed by atoms with E-state index in [1.807, 2.05) is 0 Å². The first-order chi connectivity index (χ1) is 12.9. The summed E-state index contributed by atoms with van der Waals surface area (Å²) in [6.07, 6.45) is 0.703. The second kappa shape index (κ2) is 9.82. The molecular weight excluding hydrogens is 359 g/mol. The summed E-state index contributed by atoms with van der Waals surface area (Å²) in [7, 11) is 3.45. The zero-order chi connectivity index (χ0) is 19.8. The predicted molar refractivity (Wildman–Crippen MR) is 99.0 cm³/mol. The maximum Gasteiger partial charge on any atom is 0.573 e. The molecule has 2 N–H and O–H groups in total. The van der Waals surface area contributed by atoms with Crippen LogP contribution < -0.4 is 15.4 Å². The van der Waals surface area contributed by atoms with Gasteiger partial charge in [0.2, 0.25) is 0 Å². The molecule has 1 aliphatic carbocycles. The normalized spacial score (nSPS) is 16.6. The van der Waals surface area contributed by atoms with Crippen LogP contribution in [-0.4, -0.2) is 46.2 Å². The summed E-state index contributed by atoms with van der Waals surface area (Å²) >= 11 is 0. The molecule has 8 heteroatoms. The molecule has 27 heavy (non-hydrogen) atoms. The third-order valence-corrected chi connectivity index (χ3v) is 4.97.